The molecule has 2 aromatic rings. The van der Waals surface area contributed by atoms with E-state index in [1.807, 2.05) is 23.6 Å². The predicted molar refractivity (Wildman–Crippen MR) is 84.1 cm³/mol. The lowest BCUT2D eigenvalue weighted by molar-refractivity contribution is 0.404. The van der Waals surface area contributed by atoms with Crippen LogP contribution in [0.25, 0.3) is 11.3 Å². The van der Waals surface area contributed by atoms with Crippen LogP contribution >= 0.6 is 11.3 Å². The van der Waals surface area contributed by atoms with E-state index in [2.05, 4.69) is 17.2 Å². The largest absolute Gasteiger partial charge is 0.497 e. The maximum absolute atomic E-state index is 5.40. The van der Waals surface area contributed by atoms with Crippen molar-refractivity contribution in [1.82, 2.24) is 4.98 Å². The quantitative estimate of drug-likeness (QED) is 0.782. The van der Waals surface area contributed by atoms with Gasteiger partial charge in [-0.15, -0.1) is 11.3 Å². The Labute approximate surface area is 123 Å². The Kier molecular flexibility index (Phi) is 5.24. The molecule has 0 amide bonds. The van der Waals surface area contributed by atoms with E-state index in [1.54, 1.807) is 25.6 Å². The van der Waals surface area contributed by atoms with Crippen LogP contribution in [0, 0.1) is 0 Å². The monoisotopic (exact) mass is 292 g/mol. The minimum Gasteiger partial charge on any atom is -0.497 e. The van der Waals surface area contributed by atoms with Gasteiger partial charge in [0.2, 0.25) is 0 Å². The van der Waals surface area contributed by atoms with Crippen LogP contribution < -0.4 is 14.8 Å². The number of rotatable bonds is 7. The van der Waals surface area contributed by atoms with Gasteiger partial charge in [0, 0.05) is 17.5 Å². The summed E-state index contributed by atoms with van der Waals surface area (Å²) in [5, 5.41) is 6.31. The second-order valence-corrected chi connectivity index (χ2v) is 5.24. The zero-order valence-electron chi connectivity index (χ0n) is 12.1. The summed E-state index contributed by atoms with van der Waals surface area (Å²) < 4.78 is 10.7. The molecular formula is C15H20N2O2S. The fraction of sp³-hybridized carbons (Fsp3) is 0.400. The summed E-state index contributed by atoms with van der Waals surface area (Å²) in [5.74, 6) is 1.60. The number of thiazole rings is 1. The highest BCUT2D eigenvalue weighted by molar-refractivity contribution is 7.14. The summed E-state index contributed by atoms with van der Waals surface area (Å²) in [7, 11) is 3.32. The number of nitrogens with zero attached hydrogens (tertiary/aromatic N) is 1. The Bertz CT molecular complexity index is 555. The van der Waals surface area contributed by atoms with Crippen LogP contribution in [-0.4, -0.2) is 25.7 Å². The molecule has 0 atom stereocenters. The number of unbranched alkanes of at least 4 members (excludes halogenated alkanes) is 1. The highest BCUT2D eigenvalue weighted by Gasteiger charge is 2.11. The molecule has 0 saturated carbocycles. The smallest absolute Gasteiger partial charge is 0.183 e. The Morgan fingerprint density at radius 1 is 1.25 bits per heavy atom. The molecule has 4 nitrogen and oxygen atoms in total. The van der Waals surface area contributed by atoms with Gasteiger partial charge in [-0.05, 0) is 24.6 Å². The summed E-state index contributed by atoms with van der Waals surface area (Å²) in [6.45, 7) is 3.13. The molecule has 0 radical (unpaired) electrons. The molecule has 5 heteroatoms. The molecule has 0 aliphatic rings. The van der Waals surface area contributed by atoms with Crippen molar-refractivity contribution in [2.75, 3.05) is 26.1 Å². The Balaban J connectivity index is 2.22. The van der Waals surface area contributed by atoms with Crippen LogP contribution in [0.3, 0.4) is 0 Å². The van der Waals surface area contributed by atoms with E-state index in [4.69, 9.17) is 9.47 Å². The van der Waals surface area contributed by atoms with Crippen molar-refractivity contribution in [2.24, 2.45) is 0 Å². The first-order valence-electron chi connectivity index (χ1n) is 6.70. The van der Waals surface area contributed by atoms with E-state index in [0.29, 0.717) is 0 Å². The standard InChI is InChI=1S/C15H20N2O2S/c1-4-5-8-16-15-17-13(10-20-15)12-9-11(18-2)6-7-14(12)19-3/h6-7,9-10H,4-5,8H2,1-3H3,(H,16,17). The van der Waals surface area contributed by atoms with Crippen molar-refractivity contribution in [2.45, 2.75) is 19.8 Å². The summed E-state index contributed by atoms with van der Waals surface area (Å²) in [6.07, 6.45) is 2.33. The second kappa shape index (κ2) is 7.14. The van der Waals surface area contributed by atoms with E-state index in [1.165, 1.54) is 6.42 Å². The van der Waals surface area contributed by atoms with Crippen LogP contribution in [0.4, 0.5) is 5.13 Å². The van der Waals surface area contributed by atoms with Crippen LogP contribution in [0.15, 0.2) is 23.6 Å². The Hall–Kier alpha value is -1.75. The van der Waals surface area contributed by atoms with Crippen LogP contribution in [0.1, 0.15) is 19.8 Å². The lowest BCUT2D eigenvalue weighted by Crippen LogP contribution is -2.00. The van der Waals surface area contributed by atoms with Gasteiger partial charge in [0.1, 0.15) is 11.5 Å². The first-order valence-corrected chi connectivity index (χ1v) is 7.58. The summed E-state index contributed by atoms with van der Waals surface area (Å²) in [4.78, 5) is 4.61. The highest BCUT2D eigenvalue weighted by Crippen LogP contribution is 2.34. The number of aromatic nitrogens is 1. The summed E-state index contributed by atoms with van der Waals surface area (Å²) in [5.41, 5.74) is 1.86. The van der Waals surface area contributed by atoms with Gasteiger partial charge in [0.25, 0.3) is 0 Å². The Morgan fingerprint density at radius 2 is 2.10 bits per heavy atom. The van der Waals surface area contributed by atoms with Gasteiger partial charge in [-0.2, -0.15) is 0 Å². The molecule has 0 fully saturated rings. The number of anilines is 1. The fourth-order valence-electron chi connectivity index (χ4n) is 1.86. The van der Waals surface area contributed by atoms with Gasteiger partial charge in [-0.25, -0.2) is 4.98 Å². The van der Waals surface area contributed by atoms with E-state index in [-0.39, 0.29) is 0 Å². The van der Waals surface area contributed by atoms with Crippen molar-refractivity contribution < 1.29 is 9.47 Å². The molecule has 20 heavy (non-hydrogen) atoms. The predicted octanol–water partition coefficient (Wildman–Crippen LogP) is 4.04. The minimum absolute atomic E-state index is 0.800. The van der Waals surface area contributed by atoms with Crippen molar-refractivity contribution in [3.05, 3.63) is 23.6 Å². The van der Waals surface area contributed by atoms with E-state index in [9.17, 15) is 0 Å². The first kappa shape index (κ1) is 14.7. The molecule has 0 unspecified atom stereocenters. The first-order chi connectivity index (χ1) is 9.78. The SMILES string of the molecule is CCCCNc1nc(-c2cc(OC)ccc2OC)cs1. The third-order valence-electron chi connectivity index (χ3n) is 2.99. The van der Waals surface area contributed by atoms with Gasteiger partial charge < -0.3 is 14.8 Å². The lowest BCUT2D eigenvalue weighted by Gasteiger charge is -2.08. The average Bonchev–Trinajstić information content (AvgIpc) is 2.95. The summed E-state index contributed by atoms with van der Waals surface area (Å²) >= 11 is 1.61. The number of hydrogen-bond acceptors (Lipinski definition) is 5. The van der Waals surface area contributed by atoms with Crippen LogP contribution in [-0.2, 0) is 0 Å². The molecule has 0 saturated heterocycles. The molecule has 0 aliphatic heterocycles. The molecule has 0 aliphatic carbocycles. The van der Waals surface area contributed by atoms with Gasteiger partial charge >= 0.3 is 0 Å². The third kappa shape index (κ3) is 3.42. The number of benzene rings is 1. The molecule has 1 aromatic carbocycles. The van der Waals surface area contributed by atoms with Crippen molar-refractivity contribution in [3.8, 4) is 22.8 Å². The van der Waals surface area contributed by atoms with Crippen LogP contribution in [0.2, 0.25) is 0 Å². The van der Waals surface area contributed by atoms with E-state index >= 15 is 0 Å². The molecule has 1 aromatic heterocycles. The molecule has 0 bridgehead atoms. The maximum atomic E-state index is 5.40. The summed E-state index contributed by atoms with van der Waals surface area (Å²) in [6, 6.07) is 5.73. The number of ether oxygens (including phenoxy) is 2. The fourth-order valence-corrected chi connectivity index (χ4v) is 2.60. The van der Waals surface area contributed by atoms with Crippen molar-refractivity contribution >= 4 is 16.5 Å². The van der Waals surface area contributed by atoms with Gasteiger partial charge in [-0.3, -0.25) is 0 Å². The zero-order valence-corrected chi connectivity index (χ0v) is 12.9. The number of nitrogens with one attached hydrogen (secondary N) is 1. The van der Waals surface area contributed by atoms with Crippen molar-refractivity contribution in [1.29, 1.82) is 0 Å². The maximum Gasteiger partial charge on any atom is 0.183 e. The topological polar surface area (TPSA) is 43.4 Å². The molecule has 1 heterocycles. The van der Waals surface area contributed by atoms with E-state index in [0.717, 1.165) is 40.9 Å². The lowest BCUT2D eigenvalue weighted by atomic mass is 10.1. The molecular weight excluding hydrogens is 272 g/mol. The van der Waals surface area contributed by atoms with Gasteiger partial charge in [0.15, 0.2) is 5.13 Å². The van der Waals surface area contributed by atoms with Gasteiger partial charge in [-0.1, -0.05) is 13.3 Å². The average molecular weight is 292 g/mol. The van der Waals surface area contributed by atoms with E-state index < -0.39 is 0 Å². The van der Waals surface area contributed by atoms with Crippen LogP contribution in [0.5, 0.6) is 11.5 Å². The highest BCUT2D eigenvalue weighted by atomic mass is 32.1. The normalized spacial score (nSPS) is 10.3. The molecule has 1 N–H and O–H groups in total. The number of hydrogen-bond donors (Lipinski definition) is 1. The second-order valence-electron chi connectivity index (χ2n) is 4.38. The molecule has 0 spiro atoms. The zero-order chi connectivity index (χ0) is 14.4. The minimum atomic E-state index is 0.800. The Morgan fingerprint density at radius 3 is 2.80 bits per heavy atom. The third-order valence-corrected chi connectivity index (χ3v) is 3.79. The number of methoxy groups -OCH3 is 2. The molecule has 2 rings (SSSR count). The van der Waals surface area contributed by atoms with Gasteiger partial charge in [0.05, 0.1) is 19.9 Å². The molecule has 108 valence electrons. The van der Waals surface area contributed by atoms with Crippen molar-refractivity contribution in [3.63, 3.8) is 0 Å².